The minimum Gasteiger partial charge on any atom is -0.507 e. The zero-order valence-corrected chi connectivity index (χ0v) is 18.8. The van der Waals surface area contributed by atoms with E-state index in [9.17, 15) is 27.5 Å². The molecule has 1 aliphatic rings. The average molecular weight is 484 g/mol. The molecule has 0 aromatic heterocycles. The molecular weight excluding hydrogens is 461 g/mol. The molecular formula is C24H22FN3O5S. The van der Waals surface area contributed by atoms with Gasteiger partial charge in [-0.3, -0.25) is 14.3 Å². The number of hydrogen-bond donors (Lipinski definition) is 2. The number of para-hydroxylation sites is 2. The van der Waals surface area contributed by atoms with Gasteiger partial charge in [0.05, 0.1) is 16.1 Å². The maximum Gasteiger partial charge on any atom is 0.262 e. The first-order chi connectivity index (χ1) is 16.3. The van der Waals surface area contributed by atoms with Gasteiger partial charge in [0.15, 0.2) is 0 Å². The number of anilines is 1. The van der Waals surface area contributed by atoms with Gasteiger partial charge in [-0.2, -0.15) is 0 Å². The zero-order chi connectivity index (χ0) is 24.3. The van der Waals surface area contributed by atoms with Crippen LogP contribution in [0.25, 0.3) is 0 Å². The lowest BCUT2D eigenvalue weighted by molar-refractivity contribution is 0.0533. The lowest BCUT2D eigenvalue weighted by Gasteiger charge is -2.35. The molecule has 4 rings (SSSR count). The molecule has 0 radical (unpaired) electrons. The fourth-order valence-corrected chi connectivity index (χ4v) is 4.78. The van der Waals surface area contributed by atoms with Crippen LogP contribution in [0.1, 0.15) is 20.7 Å². The second kappa shape index (κ2) is 9.52. The highest BCUT2D eigenvalue weighted by Gasteiger charge is 2.27. The van der Waals surface area contributed by atoms with Gasteiger partial charge in [-0.05, 0) is 42.5 Å². The van der Waals surface area contributed by atoms with Crippen LogP contribution in [-0.4, -0.2) is 61.3 Å². The predicted molar refractivity (Wildman–Crippen MR) is 124 cm³/mol. The normalized spacial score (nSPS) is 14.0. The zero-order valence-electron chi connectivity index (χ0n) is 18.0. The van der Waals surface area contributed by atoms with Crippen LogP contribution in [0.3, 0.4) is 0 Å². The number of phenols is 1. The van der Waals surface area contributed by atoms with Gasteiger partial charge in [-0.25, -0.2) is 12.8 Å². The summed E-state index contributed by atoms with van der Waals surface area (Å²) in [6.07, 6.45) is 0. The van der Waals surface area contributed by atoms with Crippen molar-refractivity contribution in [3.05, 3.63) is 89.7 Å². The van der Waals surface area contributed by atoms with E-state index in [4.69, 9.17) is 0 Å². The quantitative estimate of drug-likeness (QED) is 0.580. The van der Waals surface area contributed by atoms with Crippen LogP contribution in [0.4, 0.5) is 10.1 Å². The van der Waals surface area contributed by atoms with Crippen LogP contribution in [0.5, 0.6) is 5.75 Å². The van der Waals surface area contributed by atoms with E-state index in [1.165, 1.54) is 59.5 Å². The SMILES string of the molecule is O=C(c1cccc(S(=O)(=O)Nc2ccccc2F)c1)N1CCN(C(=O)c2ccccc2O)CC1. The van der Waals surface area contributed by atoms with Crippen molar-refractivity contribution in [2.75, 3.05) is 30.9 Å². The molecule has 0 bridgehead atoms. The number of nitrogens with one attached hydrogen (secondary N) is 1. The number of piperazine rings is 1. The maximum absolute atomic E-state index is 13.9. The number of benzene rings is 3. The summed E-state index contributed by atoms with van der Waals surface area (Å²) < 4.78 is 41.5. The van der Waals surface area contributed by atoms with Crippen LogP contribution in [-0.2, 0) is 10.0 Å². The van der Waals surface area contributed by atoms with Gasteiger partial charge in [-0.1, -0.05) is 30.3 Å². The second-order valence-electron chi connectivity index (χ2n) is 7.71. The van der Waals surface area contributed by atoms with Gasteiger partial charge in [0, 0.05) is 31.7 Å². The number of phenolic OH excluding ortho intramolecular Hbond substituents is 1. The molecule has 0 unspecified atom stereocenters. The molecule has 1 fully saturated rings. The number of nitrogens with zero attached hydrogens (tertiary/aromatic N) is 2. The summed E-state index contributed by atoms with van der Waals surface area (Å²) in [6.45, 7) is 1.04. The molecule has 2 N–H and O–H groups in total. The minimum absolute atomic E-state index is 0.104. The summed E-state index contributed by atoms with van der Waals surface area (Å²) in [5.41, 5.74) is 0.170. The Bertz CT molecular complexity index is 1340. The molecule has 3 aromatic carbocycles. The van der Waals surface area contributed by atoms with Gasteiger partial charge in [-0.15, -0.1) is 0 Å². The number of amides is 2. The Morgan fingerprint density at radius 1 is 0.824 bits per heavy atom. The molecule has 10 heteroatoms. The van der Waals surface area contributed by atoms with Crippen molar-refractivity contribution in [1.29, 1.82) is 0 Å². The van der Waals surface area contributed by atoms with E-state index >= 15 is 0 Å². The number of aromatic hydroxyl groups is 1. The van der Waals surface area contributed by atoms with E-state index in [0.717, 1.165) is 6.07 Å². The standard InChI is InChI=1S/C24H22FN3O5S/c25-20-9-2-3-10-21(20)26-34(32,33)18-7-5-6-17(16-18)23(30)27-12-14-28(15-13-27)24(31)19-8-1-4-11-22(19)29/h1-11,16,26,29H,12-15H2. The Morgan fingerprint density at radius 2 is 1.44 bits per heavy atom. The van der Waals surface area contributed by atoms with Crippen molar-refractivity contribution in [3.63, 3.8) is 0 Å². The molecule has 0 aliphatic carbocycles. The van der Waals surface area contributed by atoms with Crippen molar-refractivity contribution in [2.45, 2.75) is 4.90 Å². The summed E-state index contributed by atoms with van der Waals surface area (Å²) in [7, 11) is -4.11. The van der Waals surface area contributed by atoms with Gasteiger partial charge < -0.3 is 14.9 Å². The first-order valence-corrected chi connectivity index (χ1v) is 12.0. The van der Waals surface area contributed by atoms with Crippen LogP contribution >= 0.6 is 0 Å². The van der Waals surface area contributed by atoms with Crippen LogP contribution in [0, 0.1) is 5.82 Å². The molecule has 1 aliphatic heterocycles. The molecule has 2 amide bonds. The van der Waals surface area contributed by atoms with E-state index < -0.39 is 15.8 Å². The molecule has 0 spiro atoms. The lowest BCUT2D eigenvalue weighted by atomic mass is 10.1. The summed E-state index contributed by atoms with van der Waals surface area (Å²) in [5.74, 6) is -1.52. The Morgan fingerprint density at radius 3 is 2.12 bits per heavy atom. The molecule has 0 saturated carbocycles. The molecule has 34 heavy (non-hydrogen) atoms. The highest BCUT2D eigenvalue weighted by atomic mass is 32.2. The summed E-state index contributed by atoms with van der Waals surface area (Å²) >= 11 is 0. The largest absolute Gasteiger partial charge is 0.507 e. The van der Waals surface area contributed by atoms with Crippen LogP contribution in [0.2, 0.25) is 0 Å². The topological polar surface area (TPSA) is 107 Å². The molecule has 0 atom stereocenters. The van der Waals surface area contributed by atoms with E-state index in [1.807, 2.05) is 0 Å². The van der Waals surface area contributed by atoms with Gasteiger partial charge in [0.1, 0.15) is 11.6 Å². The number of halogens is 1. The van der Waals surface area contributed by atoms with Crippen molar-refractivity contribution in [1.82, 2.24) is 9.80 Å². The smallest absolute Gasteiger partial charge is 0.262 e. The second-order valence-corrected chi connectivity index (χ2v) is 9.40. The third-order valence-electron chi connectivity index (χ3n) is 5.50. The monoisotopic (exact) mass is 483 g/mol. The molecule has 1 saturated heterocycles. The molecule has 1 heterocycles. The minimum atomic E-state index is -4.11. The number of rotatable bonds is 5. The molecule has 3 aromatic rings. The van der Waals surface area contributed by atoms with E-state index in [1.54, 1.807) is 17.0 Å². The van der Waals surface area contributed by atoms with Crippen molar-refractivity contribution < 1.29 is 27.5 Å². The Labute approximate surface area is 196 Å². The average Bonchev–Trinajstić information content (AvgIpc) is 2.85. The number of carbonyl (C=O) groups is 2. The fraction of sp³-hybridized carbons (Fsp3) is 0.167. The van der Waals surface area contributed by atoms with Gasteiger partial charge >= 0.3 is 0 Å². The van der Waals surface area contributed by atoms with Crippen molar-refractivity contribution in [3.8, 4) is 5.75 Å². The van der Waals surface area contributed by atoms with Crippen LogP contribution in [0.15, 0.2) is 77.7 Å². The lowest BCUT2D eigenvalue weighted by Crippen LogP contribution is -2.50. The Hall–Kier alpha value is -3.92. The molecule has 176 valence electrons. The van der Waals surface area contributed by atoms with Crippen molar-refractivity contribution in [2.24, 2.45) is 0 Å². The number of hydrogen-bond acceptors (Lipinski definition) is 5. The predicted octanol–water partition coefficient (Wildman–Crippen LogP) is 2.93. The summed E-state index contributed by atoms with van der Waals surface area (Å²) in [5, 5.41) is 9.91. The maximum atomic E-state index is 13.9. The fourth-order valence-electron chi connectivity index (χ4n) is 3.66. The third kappa shape index (κ3) is 4.86. The number of sulfonamides is 1. The summed E-state index contributed by atoms with van der Waals surface area (Å²) in [6, 6.07) is 17.2. The van der Waals surface area contributed by atoms with Gasteiger partial charge in [0.2, 0.25) is 0 Å². The van der Waals surface area contributed by atoms with E-state index in [-0.39, 0.29) is 65.5 Å². The first kappa shape index (κ1) is 23.2. The highest BCUT2D eigenvalue weighted by molar-refractivity contribution is 7.92. The highest BCUT2D eigenvalue weighted by Crippen LogP contribution is 2.22. The third-order valence-corrected chi connectivity index (χ3v) is 6.86. The van der Waals surface area contributed by atoms with Crippen molar-refractivity contribution >= 4 is 27.5 Å². The van der Waals surface area contributed by atoms with Crippen LogP contribution < -0.4 is 4.72 Å². The Kier molecular flexibility index (Phi) is 6.51. The van der Waals surface area contributed by atoms with E-state index in [0.29, 0.717) is 0 Å². The Balaban J connectivity index is 1.44. The first-order valence-electron chi connectivity index (χ1n) is 10.5. The van der Waals surface area contributed by atoms with Gasteiger partial charge in [0.25, 0.3) is 21.8 Å². The summed E-state index contributed by atoms with van der Waals surface area (Å²) in [4.78, 5) is 28.6. The molecule has 8 nitrogen and oxygen atoms in total. The van der Waals surface area contributed by atoms with E-state index in [2.05, 4.69) is 4.72 Å². The number of carbonyl (C=O) groups excluding carboxylic acids is 2.